The minimum atomic E-state index is -0.0767. The molecule has 2 rings (SSSR count). The van der Waals surface area contributed by atoms with Crippen molar-refractivity contribution in [3.63, 3.8) is 0 Å². The van der Waals surface area contributed by atoms with Gasteiger partial charge in [0.1, 0.15) is 5.76 Å². The zero-order valence-electron chi connectivity index (χ0n) is 11.9. The third-order valence-corrected chi connectivity index (χ3v) is 3.56. The standard InChI is InChI=1S/C14H21NO4/c1-9-5-10(2)19-13(9)14(16)15-7-12(18-4)6-11(15)8-17-3/h5,11-12H,6-8H2,1-4H3/t11-,12-/m0/s1. The Morgan fingerprint density at radius 1 is 1.47 bits per heavy atom. The molecule has 0 aromatic carbocycles. The van der Waals surface area contributed by atoms with Crippen LogP contribution >= 0.6 is 0 Å². The molecule has 2 heterocycles. The Kier molecular flexibility index (Phi) is 4.27. The van der Waals surface area contributed by atoms with E-state index in [9.17, 15) is 4.79 Å². The normalized spacial score (nSPS) is 23.1. The molecule has 1 fully saturated rings. The highest BCUT2D eigenvalue weighted by atomic mass is 16.5. The van der Waals surface area contributed by atoms with E-state index in [1.807, 2.05) is 19.9 Å². The van der Waals surface area contributed by atoms with E-state index in [1.54, 1.807) is 19.1 Å². The zero-order chi connectivity index (χ0) is 14.0. The van der Waals surface area contributed by atoms with Crippen molar-refractivity contribution in [2.45, 2.75) is 32.4 Å². The summed E-state index contributed by atoms with van der Waals surface area (Å²) in [4.78, 5) is 14.3. The molecule has 1 aliphatic rings. The van der Waals surface area contributed by atoms with Crippen LogP contribution in [-0.2, 0) is 9.47 Å². The van der Waals surface area contributed by atoms with Crippen LogP contribution in [0.15, 0.2) is 10.5 Å². The molecule has 0 bridgehead atoms. The van der Waals surface area contributed by atoms with Crippen LogP contribution in [0.5, 0.6) is 0 Å². The second-order valence-corrected chi connectivity index (χ2v) is 5.03. The second-order valence-electron chi connectivity index (χ2n) is 5.03. The average Bonchev–Trinajstić information content (AvgIpc) is 2.92. The van der Waals surface area contributed by atoms with Crippen molar-refractivity contribution in [1.29, 1.82) is 0 Å². The maximum Gasteiger partial charge on any atom is 0.290 e. The molecule has 0 N–H and O–H groups in total. The van der Waals surface area contributed by atoms with Crippen LogP contribution in [-0.4, -0.2) is 50.3 Å². The van der Waals surface area contributed by atoms with Gasteiger partial charge in [0, 0.05) is 26.3 Å². The van der Waals surface area contributed by atoms with E-state index in [0.717, 1.165) is 17.7 Å². The van der Waals surface area contributed by atoms with Crippen LogP contribution in [0.1, 0.15) is 28.3 Å². The molecule has 1 aliphatic heterocycles. The average molecular weight is 267 g/mol. The molecule has 0 aliphatic carbocycles. The number of aryl methyl sites for hydroxylation is 2. The zero-order valence-corrected chi connectivity index (χ0v) is 11.9. The highest BCUT2D eigenvalue weighted by Crippen LogP contribution is 2.25. The van der Waals surface area contributed by atoms with Gasteiger partial charge < -0.3 is 18.8 Å². The van der Waals surface area contributed by atoms with Crippen molar-refractivity contribution in [3.05, 3.63) is 23.2 Å². The molecule has 1 aromatic heterocycles. The van der Waals surface area contributed by atoms with E-state index in [4.69, 9.17) is 13.9 Å². The Morgan fingerprint density at radius 2 is 2.21 bits per heavy atom. The summed E-state index contributed by atoms with van der Waals surface area (Å²) in [6.07, 6.45) is 0.870. The molecule has 5 heteroatoms. The van der Waals surface area contributed by atoms with Crippen molar-refractivity contribution in [3.8, 4) is 0 Å². The lowest BCUT2D eigenvalue weighted by Crippen LogP contribution is -2.38. The molecular weight excluding hydrogens is 246 g/mol. The van der Waals surface area contributed by atoms with Crippen molar-refractivity contribution < 1.29 is 18.7 Å². The fourth-order valence-corrected chi connectivity index (χ4v) is 2.63. The number of methoxy groups -OCH3 is 2. The van der Waals surface area contributed by atoms with Gasteiger partial charge >= 0.3 is 0 Å². The Hall–Kier alpha value is -1.33. The second kappa shape index (κ2) is 5.75. The number of hydrogen-bond donors (Lipinski definition) is 0. The van der Waals surface area contributed by atoms with E-state index in [2.05, 4.69) is 0 Å². The minimum Gasteiger partial charge on any atom is -0.456 e. The maximum atomic E-state index is 12.5. The maximum absolute atomic E-state index is 12.5. The largest absolute Gasteiger partial charge is 0.456 e. The number of rotatable bonds is 4. The van der Waals surface area contributed by atoms with Crippen LogP contribution in [0.25, 0.3) is 0 Å². The Labute approximate surface area is 113 Å². The SMILES string of the molecule is COC[C@@H]1C[C@H](OC)CN1C(=O)c1oc(C)cc1C. The van der Waals surface area contributed by atoms with Gasteiger partial charge in [-0.3, -0.25) is 4.79 Å². The van der Waals surface area contributed by atoms with Crippen LogP contribution in [0, 0.1) is 13.8 Å². The first-order valence-electron chi connectivity index (χ1n) is 6.46. The van der Waals surface area contributed by atoms with Crippen molar-refractivity contribution >= 4 is 5.91 Å². The molecule has 1 saturated heterocycles. The number of ether oxygens (including phenoxy) is 2. The molecule has 106 valence electrons. The van der Waals surface area contributed by atoms with Gasteiger partial charge in [-0.2, -0.15) is 0 Å². The third-order valence-electron chi connectivity index (χ3n) is 3.56. The summed E-state index contributed by atoms with van der Waals surface area (Å²) < 4.78 is 16.1. The molecular formula is C14H21NO4. The smallest absolute Gasteiger partial charge is 0.290 e. The predicted octanol–water partition coefficient (Wildman–Crippen LogP) is 1.77. The van der Waals surface area contributed by atoms with Crippen LogP contribution < -0.4 is 0 Å². The van der Waals surface area contributed by atoms with Crippen LogP contribution in [0.2, 0.25) is 0 Å². The topological polar surface area (TPSA) is 51.9 Å². The molecule has 0 saturated carbocycles. The first-order chi connectivity index (χ1) is 9.06. The Morgan fingerprint density at radius 3 is 2.74 bits per heavy atom. The highest BCUT2D eigenvalue weighted by molar-refractivity contribution is 5.93. The molecule has 0 spiro atoms. The van der Waals surface area contributed by atoms with Crippen molar-refractivity contribution in [2.75, 3.05) is 27.4 Å². The number of furan rings is 1. The van der Waals surface area contributed by atoms with E-state index in [-0.39, 0.29) is 18.1 Å². The molecule has 1 aromatic rings. The van der Waals surface area contributed by atoms with Crippen molar-refractivity contribution in [2.24, 2.45) is 0 Å². The van der Waals surface area contributed by atoms with Crippen LogP contribution in [0.4, 0.5) is 0 Å². The van der Waals surface area contributed by atoms with Crippen LogP contribution in [0.3, 0.4) is 0 Å². The summed E-state index contributed by atoms with van der Waals surface area (Å²) in [5, 5.41) is 0. The minimum absolute atomic E-state index is 0.0484. The van der Waals surface area contributed by atoms with Gasteiger partial charge in [0.2, 0.25) is 0 Å². The van der Waals surface area contributed by atoms with E-state index in [1.165, 1.54) is 0 Å². The number of hydrogen-bond acceptors (Lipinski definition) is 4. The van der Waals surface area contributed by atoms with Gasteiger partial charge in [-0.15, -0.1) is 0 Å². The molecule has 0 radical (unpaired) electrons. The summed E-state index contributed by atoms with van der Waals surface area (Å²) in [5.74, 6) is 1.11. The third kappa shape index (κ3) is 2.82. The lowest BCUT2D eigenvalue weighted by Gasteiger charge is -2.23. The summed E-state index contributed by atoms with van der Waals surface area (Å²) in [7, 11) is 3.32. The van der Waals surface area contributed by atoms with E-state index < -0.39 is 0 Å². The number of likely N-dealkylation sites (tertiary alicyclic amines) is 1. The fraction of sp³-hybridized carbons (Fsp3) is 0.643. The van der Waals surface area contributed by atoms with Gasteiger partial charge in [0.25, 0.3) is 5.91 Å². The Bertz CT molecular complexity index is 454. The monoisotopic (exact) mass is 267 g/mol. The van der Waals surface area contributed by atoms with Gasteiger partial charge in [0.15, 0.2) is 5.76 Å². The predicted molar refractivity (Wildman–Crippen MR) is 70.3 cm³/mol. The number of nitrogens with zero attached hydrogens (tertiary/aromatic N) is 1. The molecule has 0 unspecified atom stereocenters. The summed E-state index contributed by atoms with van der Waals surface area (Å²) in [6, 6.07) is 1.93. The van der Waals surface area contributed by atoms with Gasteiger partial charge in [-0.05, 0) is 26.3 Å². The quantitative estimate of drug-likeness (QED) is 0.834. The summed E-state index contributed by atoms with van der Waals surface area (Å²) >= 11 is 0. The Balaban J connectivity index is 2.19. The molecule has 2 atom stereocenters. The number of amides is 1. The first-order valence-corrected chi connectivity index (χ1v) is 6.46. The summed E-state index contributed by atoms with van der Waals surface area (Å²) in [5.41, 5.74) is 0.875. The summed E-state index contributed by atoms with van der Waals surface area (Å²) in [6.45, 7) is 4.84. The van der Waals surface area contributed by atoms with Gasteiger partial charge in [0.05, 0.1) is 18.8 Å². The molecule has 19 heavy (non-hydrogen) atoms. The highest BCUT2D eigenvalue weighted by Gasteiger charge is 2.37. The molecule has 1 amide bonds. The number of carbonyl (C=O) groups is 1. The van der Waals surface area contributed by atoms with E-state index in [0.29, 0.717) is 18.9 Å². The van der Waals surface area contributed by atoms with Gasteiger partial charge in [-0.25, -0.2) is 0 Å². The lowest BCUT2D eigenvalue weighted by molar-refractivity contribution is 0.0580. The lowest BCUT2D eigenvalue weighted by atomic mass is 10.2. The fourth-order valence-electron chi connectivity index (χ4n) is 2.63. The number of carbonyl (C=O) groups excluding carboxylic acids is 1. The van der Waals surface area contributed by atoms with E-state index >= 15 is 0 Å². The molecule has 5 nitrogen and oxygen atoms in total. The van der Waals surface area contributed by atoms with Crippen molar-refractivity contribution in [1.82, 2.24) is 4.90 Å². The first kappa shape index (κ1) is 14.1. The van der Waals surface area contributed by atoms with Gasteiger partial charge in [-0.1, -0.05) is 0 Å².